The molecule has 0 saturated heterocycles. The van der Waals surface area contributed by atoms with E-state index in [4.69, 9.17) is 5.11 Å². The van der Waals surface area contributed by atoms with Crippen LogP contribution in [0.25, 0.3) is 0 Å². The lowest BCUT2D eigenvalue weighted by molar-refractivity contribution is -0.137. The van der Waals surface area contributed by atoms with Gasteiger partial charge >= 0.3 is 5.97 Å². The van der Waals surface area contributed by atoms with E-state index in [-0.39, 0.29) is 36.2 Å². The van der Waals surface area contributed by atoms with E-state index < -0.39 is 5.97 Å². The number of phenolic OH excluding ortho intramolecular Hbond substituents is 1. The molecule has 0 atom stereocenters. The first-order chi connectivity index (χ1) is 8.82. The summed E-state index contributed by atoms with van der Waals surface area (Å²) in [6.45, 7) is 5.57. The molecular weight excluding hydrogens is 246 g/mol. The van der Waals surface area contributed by atoms with Crippen molar-refractivity contribution in [1.82, 2.24) is 4.90 Å². The Morgan fingerprint density at radius 2 is 1.95 bits per heavy atom. The molecule has 0 heterocycles. The predicted molar refractivity (Wildman–Crippen MR) is 71.3 cm³/mol. The second kappa shape index (κ2) is 6.22. The van der Waals surface area contributed by atoms with Gasteiger partial charge in [0.25, 0.3) is 5.91 Å². The van der Waals surface area contributed by atoms with Crippen molar-refractivity contribution in [3.05, 3.63) is 29.3 Å². The molecule has 1 amide bonds. The van der Waals surface area contributed by atoms with Crippen molar-refractivity contribution in [3.8, 4) is 5.75 Å². The van der Waals surface area contributed by atoms with Crippen molar-refractivity contribution < 1.29 is 19.8 Å². The first-order valence-electron chi connectivity index (χ1n) is 6.15. The van der Waals surface area contributed by atoms with Gasteiger partial charge in [-0.3, -0.25) is 9.59 Å². The molecule has 0 aromatic heterocycles. The third-order valence-corrected chi connectivity index (χ3v) is 2.83. The van der Waals surface area contributed by atoms with Crippen LogP contribution >= 0.6 is 0 Å². The third-order valence-electron chi connectivity index (χ3n) is 2.83. The van der Waals surface area contributed by atoms with Crippen molar-refractivity contribution in [2.45, 2.75) is 33.2 Å². The van der Waals surface area contributed by atoms with Gasteiger partial charge in [-0.1, -0.05) is 11.6 Å². The average molecular weight is 265 g/mol. The van der Waals surface area contributed by atoms with Crippen molar-refractivity contribution in [3.63, 3.8) is 0 Å². The minimum atomic E-state index is -0.952. The molecule has 0 radical (unpaired) electrons. The van der Waals surface area contributed by atoms with Gasteiger partial charge in [0.2, 0.25) is 0 Å². The summed E-state index contributed by atoms with van der Waals surface area (Å²) in [5.74, 6) is -1.39. The van der Waals surface area contributed by atoms with Crippen LogP contribution in [0.3, 0.4) is 0 Å². The molecule has 5 heteroatoms. The highest BCUT2D eigenvalue weighted by Gasteiger charge is 2.22. The maximum Gasteiger partial charge on any atom is 0.305 e. The zero-order valence-electron chi connectivity index (χ0n) is 11.4. The molecule has 0 fully saturated rings. The maximum atomic E-state index is 12.3. The number of carbonyl (C=O) groups excluding carboxylic acids is 1. The Morgan fingerprint density at radius 3 is 2.47 bits per heavy atom. The normalized spacial score (nSPS) is 10.5. The molecule has 1 aromatic carbocycles. The molecule has 19 heavy (non-hydrogen) atoms. The molecule has 0 saturated carbocycles. The summed E-state index contributed by atoms with van der Waals surface area (Å²) in [6, 6.07) is 4.65. The van der Waals surface area contributed by atoms with Crippen molar-refractivity contribution in [2.24, 2.45) is 0 Å². The lowest BCUT2D eigenvalue weighted by atomic mass is 10.1. The zero-order chi connectivity index (χ0) is 14.6. The number of rotatable bonds is 5. The lowest BCUT2D eigenvalue weighted by Gasteiger charge is -2.26. The van der Waals surface area contributed by atoms with Gasteiger partial charge in [0.15, 0.2) is 0 Å². The third kappa shape index (κ3) is 3.98. The molecule has 0 unspecified atom stereocenters. The van der Waals surface area contributed by atoms with E-state index in [0.717, 1.165) is 5.56 Å². The smallest absolute Gasteiger partial charge is 0.305 e. The summed E-state index contributed by atoms with van der Waals surface area (Å²) in [5, 5.41) is 18.5. The number of carboxylic acids is 1. The molecule has 104 valence electrons. The SMILES string of the molecule is Cc1ccc(O)c(C(=O)N(CCC(=O)O)C(C)C)c1. The topological polar surface area (TPSA) is 77.8 Å². The van der Waals surface area contributed by atoms with Crippen molar-refractivity contribution in [1.29, 1.82) is 0 Å². The number of phenols is 1. The fourth-order valence-electron chi connectivity index (χ4n) is 1.79. The second-order valence-electron chi connectivity index (χ2n) is 4.76. The van der Waals surface area contributed by atoms with Crippen LogP contribution in [-0.2, 0) is 4.79 Å². The van der Waals surface area contributed by atoms with Gasteiger partial charge in [-0.25, -0.2) is 0 Å². The monoisotopic (exact) mass is 265 g/mol. The minimum Gasteiger partial charge on any atom is -0.507 e. The Balaban J connectivity index is 2.99. The first-order valence-corrected chi connectivity index (χ1v) is 6.15. The average Bonchev–Trinajstić information content (AvgIpc) is 2.31. The number of amides is 1. The predicted octanol–water partition coefficient (Wildman–Crippen LogP) is 2.03. The molecule has 5 nitrogen and oxygen atoms in total. The fraction of sp³-hybridized carbons (Fsp3) is 0.429. The largest absolute Gasteiger partial charge is 0.507 e. The summed E-state index contributed by atoms with van der Waals surface area (Å²) >= 11 is 0. The molecule has 0 bridgehead atoms. The number of aromatic hydroxyl groups is 1. The Kier molecular flexibility index (Phi) is 4.92. The Morgan fingerprint density at radius 1 is 1.32 bits per heavy atom. The number of carbonyl (C=O) groups is 2. The Hall–Kier alpha value is -2.04. The molecule has 1 aromatic rings. The second-order valence-corrected chi connectivity index (χ2v) is 4.76. The Labute approximate surface area is 112 Å². The molecule has 1 rings (SSSR count). The van der Waals surface area contributed by atoms with Crippen LogP contribution in [0, 0.1) is 6.92 Å². The number of carboxylic acid groups (broad SMARTS) is 1. The number of benzene rings is 1. The number of hydrogen-bond acceptors (Lipinski definition) is 3. The number of hydrogen-bond donors (Lipinski definition) is 2. The van der Waals surface area contributed by atoms with E-state index in [0.29, 0.717) is 0 Å². The highest BCUT2D eigenvalue weighted by molar-refractivity contribution is 5.97. The highest BCUT2D eigenvalue weighted by Crippen LogP contribution is 2.21. The number of aliphatic carboxylic acids is 1. The molecule has 0 aliphatic carbocycles. The van der Waals surface area contributed by atoms with E-state index in [1.165, 1.54) is 11.0 Å². The summed E-state index contributed by atoms with van der Waals surface area (Å²) < 4.78 is 0. The van der Waals surface area contributed by atoms with Crippen LogP contribution < -0.4 is 0 Å². The van der Waals surface area contributed by atoms with E-state index in [1.807, 2.05) is 20.8 Å². The van der Waals surface area contributed by atoms with Crippen LogP contribution in [0.15, 0.2) is 18.2 Å². The van der Waals surface area contributed by atoms with Crippen molar-refractivity contribution in [2.75, 3.05) is 6.54 Å². The van der Waals surface area contributed by atoms with Gasteiger partial charge < -0.3 is 15.1 Å². The van der Waals surface area contributed by atoms with Crippen LogP contribution in [0.2, 0.25) is 0 Å². The molecule has 0 aliphatic heterocycles. The van der Waals surface area contributed by atoms with E-state index in [9.17, 15) is 14.7 Å². The van der Waals surface area contributed by atoms with Gasteiger partial charge in [-0.15, -0.1) is 0 Å². The number of aryl methyl sites for hydroxylation is 1. The number of nitrogens with zero attached hydrogens (tertiary/aromatic N) is 1. The maximum absolute atomic E-state index is 12.3. The summed E-state index contributed by atoms with van der Waals surface area (Å²) in [4.78, 5) is 24.4. The summed E-state index contributed by atoms with van der Waals surface area (Å²) in [7, 11) is 0. The lowest BCUT2D eigenvalue weighted by Crippen LogP contribution is -2.38. The fourth-order valence-corrected chi connectivity index (χ4v) is 1.79. The Bertz CT molecular complexity index is 482. The summed E-state index contributed by atoms with van der Waals surface area (Å²) in [5.41, 5.74) is 1.07. The van der Waals surface area contributed by atoms with Gasteiger partial charge in [0, 0.05) is 12.6 Å². The molecular formula is C14H19NO4. The van der Waals surface area contributed by atoms with E-state index in [2.05, 4.69) is 0 Å². The first kappa shape index (κ1) is 15.0. The van der Waals surface area contributed by atoms with Crippen LogP contribution in [0.1, 0.15) is 36.2 Å². The summed E-state index contributed by atoms with van der Waals surface area (Å²) in [6.07, 6.45) is -0.115. The molecule has 0 aliphatic rings. The van der Waals surface area contributed by atoms with Gasteiger partial charge in [0.1, 0.15) is 5.75 Å². The van der Waals surface area contributed by atoms with Crippen LogP contribution in [0.5, 0.6) is 5.75 Å². The van der Waals surface area contributed by atoms with Crippen LogP contribution in [-0.4, -0.2) is 39.6 Å². The van der Waals surface area contributed by atoms with Gasteiger partial charge in [-0.2, -0.15) is 0 Å². The minimum absolute atomic E-state index is 0.0865. The van der Waals surface area contributed by atoms with Gasteiger partial charge in [-0.05, 0) is 32.9 Å². The van der Waals surface area contributed by atoms with E-state index >= 15 is 0 Å². The molecule has 0 spiro atoms. The van der Waals surface area contributed by atoms with Crippen molar-refractivity contribution >= 4 is 11.9 Å². The standard InChI is InChI=1S/C14H19NO4/c1-9(2)15(7-6-13(17)18)14(19)11-8-10(3)4-5-12(11)16/h4-5,8-9,16H,6-7H2,1-3H3,(H,17,18). The van der Waals surface area contributed by atoms with Crippen LogP contribution in [0.4, 0.5) is 0 Å². The molecule has 2 N–H and O–H groups in total. The zero-order valence-corrected chi connectivity index (χ0v) is 11.4. The van der Waals surface area contributed by atoms with Gasteiger partial charge in [0.05, 0.1) is 12.0 Å². The quantitative estimate of drug-likeness (QED) is 0.853. The highest BCUT2D eigenvalue weighted by atomic mass is 16.4. The van der Waals surface area contributed by atoms with E-state index in [1.54, 1.807) is 12.1 Å².